The number of aryl methyl sites for hydroxylation is 1. The quantitative estimate of drug-likeness (QED) is 0.862. The number of hydrogen-bond donors (Lipinski definition) is 0. The number of anilines is 2. The summed E-state index contributed by atoms with van der Waals surface area (Å²) < 4.78 is 0. The maximum Gasteiger partial charge on any atom is 0.147 e. The lowest BCUT2D eigenvalue weighted by Gasteiger charge is -2.23. The maximum atomic E-state index is 4.53. The van der Waals surface area contributed by atoms with Crippen LogP contribution in [0, 0.1) is 18.8 Å². The molecule has 0 N–H and O–H groups in total. The first-order chi connectivity index (χ1) is 11.8. The third-order valence-electron chi connectivity index (χ3n) is 5.57. The van der Waals surface area contributed by atoms with Gasteiger partial charge in [0, 0.05) is 55.7 Å². The zero-order chi connectivity index (χ0) is 16.1. The molecule has 0 bridgehead atoms. The van der Waals surface area contributed by atoms with E-state index in [1.54, 1.807) is 6.33 Å². The first-order valence-electron chi connectivity index (χ1n) is 8.87. The molecule has 2 aromatic heterocycles. The lowest BCUT2D eigenvalue weighted by Crippen LogP contribution is -2.29. The van der Waals surface area contributed by atoms with Crippen molar-refractivity contribution in [2.75, 3.05) is 36.0 Å². The summed E-state index contributed by atoms with van der Waals surface area (Å²) in [4.78, 5) is 22.7. The first-order valence-corrected chi connectivity index (χ1v) is 8.87. The van der Waals surface area contributed by atoms with E-state index < -0.39 is 0 Å². The Balaban J connectivity index is 1.28. The highest BCUT2D eigenvalue weighted by Crippen LogP contribution is 2.40. The summed E-state index contributed by atoms with van der Waals surface area (Å²) in [6, 6.07) is 2.21. The molecule has 2 aromatic rings. The summed E-state index contributed by atoms with van der Waals surface area (Å²) in [5.41, 5.74) is 2.20. The van der Waals surface area contributed by atoms with Crippen LogP contribution < -0.4 is 9.80 Å². The van der Waals surface area contributed by atoms with Crippen LogP contribution in [0.2, 0.25) is 0 Å². The SMILES string of the molecule is Cc1cnc(N2CC3CN(c4cc(C5CC5)ncn4)CC3C2)cn1. The minimum Gasteiger partial charge on any atom is -0.356 e. The maximum absolute atomic E-state index is 4.53. The Bertz CT molecular complexity index is 727. The van der Waals surface area contributed by atoms with Crippen molar-refractivity contribution in [3.8, 4) is 0 Å². The van der Waals surface area contributed by atoms with Gasteiger partial charge in [0.05, 0.1) is 18.1 Å². The van der Waals surface area contributed by atoms with Crippen molar-refractivity contribution < 1.29 is 0 Å². The molecule has 0 aromatic carbocycles. The van der Waals surface area contributed by atoms with Crippen molar-refractivity contribution >= 4 is 11.6 Å². The highest BCUT2D eigenvalue weighted by Gasteiger charge is 2.41. The van der Waals surface area contributed by atoms with E-state index in [4.69, 9.17) is 0 Å². The molecule has 6 nitrogen and oxygen atoms in total. The molecular weight excluding hydrogens is 300 g/mol. The number of hydrogen-bond acceptors (Lipinski definition) is 6. The third-order valence-corrected chi connectivity index (χ3v) is 5.57. The van der Waals surface area contributed by atoms with E-state index >= 15 is 0 Å². The van der Waals surface area contributed by atoms with Gasteiger partial charge in [-0.2, -0.15) is 0 Å². The Morgan fingerprint density at radius 3 is 2.17 bits per heavy atom. The highest BCUT2D eigenvalue weighted by atomic mass is 15.3. The van der Waals surface area contributed by atoms with E-state index in [0.29, 0.717) is 17.8 Å². The van der Waals surface area contributed by atoms with E-state index in [2.05, 4.69) is 35.8 Å². The molecule has 1 aliphatic carbocycles. The average molecular weight is 322 g/mol. The largest absolute Gasteiger partial charge is 0.356 e. The van der Waals surface area contributed by atoms with Gasteiger partial charge in [-0.3, -0.25) is 4.98 Å². The van der Waals surface area contributed by atoms with Gasteiger partial charge in [-0.1, -0.05) is 0 Å². The molecule has 3 fully saturated rings. The second kappa shape index (κ2) is 5.40. The van der Waals surface area contributed by atoms with Gasteiger partial charge < -0.3 is 9.80 Å². The smallest absolute Gasteiger partial charge is 0.147 e. The fourth-order valence-corrected chi connectivity index (χ4v) is 4.05. The van der Waals surface area contributed by atoms with Crippen LogP contribution in [-0.4, -0.2) is 46.1 Å². The number of aromatic nitrogens is 4. The summed E-state index contributed by atoms with van der Waals surface area (Å²) in [6.07, 6.45) is 8.07. The average Bonchev–Trinajstić information content (AvgIpc) is 3.26. The number of rotatable bonds is 3. The molecule has 2 unspecified atom stereocenters. The van der Waals surface area contributed by atoms with Crippen molar-refractivity contribution in [3.05, 3.63) is 36.2 Å². The van der Waals surface area contributed by atoms with Crippen molar-refractivity contribution in [3.63, 3.8) is 0 Å². The second-order valence-corrected chi connectivity index (χ2v) is 7.42. The molecule has 6 heteroatoms. The number of fused-ring (bicyclic) bond motifs is 1. The summed E-state index contributed by atoms with van der Waals surface area (Å²) in [5, 5.41) is 0. The predicted molar refractivity (Wildman–Crippen MR) is 92.2 cm³/mol. The lowest BCUT2D eigenvalue weighted by atomic mass is 10.0. The first kappa shape index (κ1) is 14.1. The number of nitrogens with zero attached hydrogens (tertiary/aromatic N) is 6. The molecular formula is C18H22N6. The molecule has 2 aliphatic heterocycles. The summed E-state index contributed by atoms with van der Waals surface area (Å²) in [6.45, 7) is 6.28. The Kier molecular flexibility index (Phi) is 3.18. The Hall–Kier alpha value is -2.24. The molecule has 4 heterocycles. The van der Waals surface area contributed by atoms with Gasteiger partial charge in [0.15, 0.2) is 0 Å². The normalized spacial score (nSPS) is 26.0. The lowest BCUT2D eigenvalue weighted by molar-refractivity contribution is 0.533. The molecule has 2 atom stereocenters. The molecule has 3 aliphatic rings. The third kappa shape index (κ3) is 2.50. The molecule has 0 radical (unpaired) electrons. The van der Waals surface area contributed by atoms with Crippen LogP contribution in [0.1, 0.15) is 30.1 Å². The fraction of sp³-hybridized carbons (Fsp3) is 0.556. The molecule has 2 saturated heterocycles. The minimum atomic E-state index is 0.685. The zero-order valence-corrected chi connectivity index (χ0v) is 14.0. The molecule has 0 amide bonds. The fourth-order valence-electron chi connectivity index (χ4n) is 4.05. The van der Waals surface area contributed by atoms with Gasteiger partial charge in [-0.25, -0.2) is 15.0 Å². The van der Waals surface area contributed by atoms with Gasteiger partial charge in [0.1, 0.15) is 18.0 Å². The zero-order valence-electron chi connectivity index (χ0n) is 14.0. The van der Waals surface area contributed by atoms with Crippen LogP contribution in [-0.2, 0) is 0 Å². The molecule has 1 saturated carbocycles. The summed E-state index contributed by atoms with van der Waals surface area (Å²) in [7, 11) is 0. The van der Waals surface area contributed by atoms with Crippen LogP contribution in [0.15, 0.2) is 24.8 Å². The molecule has 124 valence electrons. The van der Waals surface area contributed by atoms with E-state index in [-0.39, 0.29) is 0 Å². The van der Waals surface area contributed by atoms with Crippen molar-refractivity contribution in [2.24, 2.45) is 11.8 Å². The monoisotopic (exact) mass is 322 g/mol. The van der Waals surface area contributed by atoms with Crippen molar-refractivity contribution in [1.82, 2.24) is 19.9 Å². The van der Waals surface area contributed by atoms with E-state index in [1.165, 1.54) is 18.5 Å². The Labute approximate surface area is 142 Å². The van der Waals surface area contributed by atoms with Crippen LogP contribution >= 0.6 is 0 Å². The van der Waals surface area contributed by atoms with Gasteiger partial charge >= 0.3 is 0 Å². The van der Waals surface area contributed by atoms with Crippen LogP contribution in [0.4, 0.5) is 11.6 Å². The second-order valence-electron chi connectivity index (χ2n) is 7.42. The van der Waals surface area contributed by atoms with Crippen molar-refractivity contribution in [2.45, 2.75) is 25.7 Å². The van der Waals surface area contributed by atoms with E-state index in [1.807, 2.05) is 19.3 Å². The topological polar surface area (TPSA) is 58.0 Å². The van der Waals surface area contributed by atoms with Crippen LogP contribution in [0.3, 0.4) is 0 Å². The minimum absolute atomic E-state index is 0.685. The van der Waals surface area contributed by atoms with Crippen molar-refractivity contribution in [1.29, 1.82) is 0 Å². The Morgan fingerprint density at radius 1 is 0.833 bits per heavy atom. The predicted octanol–water partition coefficient (Wildman–Crippen LogP) is 2.03. The highest BCUT2D eigenvalue weighted by molar-refractivity contribution is 5.45. The standard InChI is InChI=1S/C18H22N6/c1-12-5-20-18(6-19-12)24-9-14-7-23(8-15(14)10-24)17-4-16(13-2-3-13)21-11-22-17/h4-6,11,13-15H,2-3,7-10H2,1H3. The van der Waals surface area contributed by atoms with E-state index in [0.717, 1.165) is 43.5 Å². The van der Waals surface area contributed by atoms with Crippen LogP contribution in [0.25, 0.3) is 0 Å². The van der Waals surface area contributed by atoms with Gasteiger partial charge in [-0.05, 0) is 19.8 Å². The molecule has 0 spiro atoms. The Morgan fingerprint density at radius 2 is 1.54 bits per heavy atom. The van der Waals surface area contributed by atoms with Gasteiger partial charge in [0.25, 0.3) is 0 Å². The van der Waals surface area contributed by atoms with Gasteiger partial charge in [0.2, 0.25) is 0 Å². The molecule has 24 heavy (non-hydrogen) atoms. The van der Waals surface area contributed by atoms with E-state index in [9.17, 15) is 0 Å². The van der Waals surface area contributed by atoms with Crippen LogP contribution in [0.5, 0.6) is 0 Å². The summed E-state index contributed by atoms with van der Waals surface area (Å²) in [5.74, 6) is 4.19. The molecule has 5 rings (SSSR count). The van der Waals surface area contributed by atoms with Gasteiger partial charge in [-0.15, -0.1) is 0 Å². The summed E-state index contributed by atoms with van der Waals surface area (Å²) >= 11 is 0.